The molecule has 134 valence electrons. The van der Waals surface area contributed by atoms with E-state index in [9.17, 15) is 9.59 Å². The number of carbonyl (C=O) groups excluding carboxylic acids is 2. The standard InChI is InChI=1S/C17H20BrN3O3S/c1-11-13(12(2)24-20-11)9-25-10-17(23)21(3)8-16(22)19-15-7-5-4-6-14(15)18/h4-7H,8-10H2,1-3H3,(H,19,22). The number of amides is 2. The summed E-state index contributed by atoms with van der Waals surface area (Å²) in [5.41, 5.74) is 2.55. The monoisotopic (exact) mass is 425 g/mol. The van der Waals surface area contributed by atoms with E-state index in [-0.39, 0.29) is 18.4 Å². The minimum absolute atomic E-state index is 0.00600. The summed E-state index contributed by atoms with van der Waals surface area (Å²) in [6.45, 7) is 3.74. The number of benzene rings is 1. The van der Waals surface area contributed by atoms with Crippen molar-refractivity contribution in [3.8, 4) is 0 Å². The number of nitrogens with zero attached hydrogens (tertiary/aromatic N) is 2. The molecule has 1 aromatic carbocycles. The van der Waals surface area contributed by atoms with Gasteiger partial charge in [0.25, 0.3) is 0 Å². The van der Waals surface area contributed by atoms with Gasteiger partial charge in [0.05, 0.1) is 23.7 Å². The Morgan fingerprint density at radius 3 is 2.68 bits per heavy atom. The molecule has 2 rings (SSSR count). The Balaban J connectivity index is 1.78. The van der Waals surface area contributed by atoms with Crippen LogP contribution in [0.5, 0.6) is 0 Å². The molecule has 0 aliphatic heterocycles. The van der Waals surface area contributed by atoms with Gasteiger partial charge in [-0.1, -0.05) is 17.3 Å². The van der Waals surface area contributed by atoms with E-state index >= 15 is 0 Å². The summed E-state index contributed by atoms with van der Waals surface area (Å²) in [5.74, 6) is 1.39. The van der Waals surface area contributed by atoms with Crippen molar-refractivity contribution < 1.29 is 14.1 Å². The molecule has 25 heavy (non-hydrogen) atoms. The van der Waals surface area contributed by atoms with Crippen molar-refractivity contribution in [3.05, 3.63) is 45.8 Å². The average molecular weight is 426 g/mol. The van der Waals surface area contributed by atoms with E-state index in [4.69, 9.17) is 4.52 Å². The molecule has 0 fully saturated rings. The Morgan fingerprint density at radius 2 is 2.04 bits per heavy atom. The van der Waals surface area contributed by atoms with Crippen LogP contribution in [-0.2, 0) is 15.3 Å². The molecule has 0 atom stereocenters. The molecule has 2 amide bonds. The lowest BCUT2D eigenvalue weighted by Gasteiger charge is -2.17. The van der Waals surface area contributed by atoms with Gasteiger partial charge in [0.1, 0.15) is 5.76 Å². The molecule has 0 radical (unpaired) electrons. The van der Waals surface area contributed by atoms with Crippen LogP contribution in [0.15, 0.2) is 33.3 Å². The third kappa shape index (κ3) is 5.61. The molecule has 8 heteroatoms. The van der Waals surface area contributed by atoms with Crippen molar-refractivity contribution in [1.82, 2.24) is 10.1 Å². The van der Waals surface area contributed by atoms with Gasteiger partial charge in [-0.3, -0.25) is 9.59 Å². The Kier molecular flexibility index (Phi) is 7.07. The molecule has 6 nitrogen and oxygen atoms in total. The van der Waals surface area contributed by atoms with Crippen LogP contribution in [0.3, 0.4) is 0 Å². The number of rotatable bonds is 7. The number of hydrogen-bond donors (Lipinski definition) is 1. The smallest absolute Gasteiger partial charge is 0.244 e. The summed E-state index contributed by atoms with van der Waals surface area (Å²) in [5, 5.41) is 6.68. The van der Waals surface area contributed by atoms with Crippen molar-refractivity contribution in [2.24, 2.45) is 0 Å². The molecule has 2 aromatic rings. The number of carbonyl (C=O) groups is 2. The lowest BCUT2D eigenvalue weighted by atomic mass is 10.2. The van der Waals surface area contributed by atoms with Gasteiger partial charge in [-0.25, -0.2) is 0 Å². The highest BCUT2D eigenvalue weighted by molar-refractivity contribution is 9.10. The van der Waals surface area contributed by atoms with Gasteiger partial charge >= 0.3 is 0 Å². The molecule has 1 aromatic heterocycles. The number of halogens is 1. The van der Waals surface area contributed by atoms with Gasteiger partial charge in [-0.15, -0.1) is 11.8 Å². The molecular weight excluding hydrogens is 406 g/mol. The molecule has 0 aliphatic rings. The molecule has 1 N–H and O–H groups in total. The van der Waals surface area contributed by atoms with Crippen molar-refractivity contribution in [1.29, 1.82) is 0 Å². The zero-order valence-electron chi connectivity index (χ0n) is 14.3. The number of aryl methyl sites for hydroxylation is 2. The summed E-state index contributed by atoms with van der Waals surface area (Å²) in [6.07, 6.45) is 0. The fourth-order valence-corrected chi connectivity index (χ4v) is 3.61. The Bertz CT molecular complexity index is 744. The van der Waals surface area contributed by atoms with Crippen molar-refractivity contribution in [3.63, 3.8) is 0 Å². The van der Waals surface area contributed by atoms with E-state index in [0.29, 0.717) is 17.2 Å². The highest BCUT2D eigenvalue weighted by Gasteiger charge is 2.15. The van der Waals surface area contributed by atoms with Crippen molar-refractivity contribution >= 4 is 45.2 Å². The zero-order valence-corrected chi connectivity index (χ0v) is 16.7. The first-order valence-electron chi connectivity index (χ1n) is 7.66. The predicted octanol–water partition coefficient (Wildman–Crippen LogP) is 3.38. The van der Waals surface area contributed by atoms with E-state index in [1.807, 2.05) is 32.0 Å². The molecule has 0 spiro atoms. The van der Waals surface area contributed by atoms with Gasteiger partial charge in [0.15, 0.2) is 0 Å². The zero-order chi connectivity index (χ0) is 18.4. The average Bonchev–Trinajstić information content (AvgIpc) is 2.88. The summed E-state index contributed by atoms with van der Waals surface area (Å²) >= 11 is 4.85. The Labute approximate surface area is 159 Å². The van der Waals surface area contributed by atoms with Crippen LogP contribution in [-0.4, -0.2) is 41.2 Å². The van der Waals surface area contributed by atoms with Crippen molar-refractivity contribution in [2.45, 2.75) is 19.6 Å². The van der Waals surface area contributed by atoms with Gasteiger partial charge in [-0.2, -0.15) is 0 Å². The van der Waals surface area contributed by atoms with E-state index in [1.165, 1.54) is 16.7 Å². The predicted molar refractivity (Wildman–Crippen MR) is 103 cm³/mol. The number of nitrogens with one attached hydrogen (secondary N) is 1. The second-order valence-corrected chi connectivity index (χ2v) is 7.41. The van der Waals surface area contributed by atoms with Crippen LogP contribution in [0, 0.1) is 13.8 Å². The van der Waals surface area contributed by atoms with Gasteiger partial charge in [0, 0.05) is 22.8 Å². The van der Waals surface area contributed by atoms with Crippen LogP contribution in [0.2, 0.25) is 0 Å². The Morgan fingerprint density at radius 1 is 1.32 bits per heavy atom. The minimum Gasteiger partial charge on any atom is -0.361 e. The Hall–Kier alpha value is -1.80. The minimum atomic E-state index is -0.238. The summed E-state index contributed by atoms with van der Waals surface area (Å²) in [7, 11) is 1.62. The number of hydrogen-bond acceptors (Lipinski definition) is 5. The van der Waals surface area contributed by atoms with Crippen LogP contribution < -0.4 is 5.32 Å². The fourth-order valence-electron chi connectivity index (χ4n) is 2.11. The summed E-state index contributed by atoms with van der Waals surface area (Å²) in [4.78, 5) is 25.7. The molecular formula is C17H20BrN3O3S. The fraction of sp³-hybridized carbons (Fsp3) is 0.353. The van der Waals surface area contributed by atoms with Gasteiger partial charge < -0.3 is 14.7 Å². The number of anilines is 1. The van der Waals surface area contributed by atoms with E-state index in [2.05, 4.69) is 26.4 Å². The largest absolute Gasteiger partial charge is 0.361 e. The molecule has 0 saturated heterocycles. The second kappa shape index (κ2) is 9.05. The first-order valence-corrected chi connectivity index (χ1v) is 9.61. The normalized spacial score (nSPS) is 10.6. The maximum Gasteiger partial charge on any atom is 0.244 e. The van der Waals surface area contributed by atoms with Crippen molar-refractivity contribution in [2.75, 3.05) is 24.7 Å². The molecule has 1 heterocycles. The van der Waals surface area contributed by atoms with E-state index in [0.717, 1.165) is 21.5 Å². The third-order valence-electron chi connectivity index (χ3n) is 3.61. The van der Waals surface area contributed by atoms with E-state index in [1.54, 1.807) is 13.1 Å². The number of likely N-dealkylation sites (N-methyl/N-ethyl adjacent to an activating group) is 1. The first-order chi connectivity index (χ1) is 11.9. The topological polar surface area (TPSA) is 75.4 Å². The third-order valence-corrected chi connectivity index (χ3v) is 5.24. The lowest BCUT2D eigenvalue weighted by molar-refractivity contribution is -0.131. The molecule has 0 aliphatic carbocycles. The van der Waals surface area contributed by atoms with Crippen LogP contribution in [0.25, 0.3) is 0 Å². The van der Waals surface area contributed by atoms with Crippen LogP contribution in [0.1, 0.15) is 17.0 Å². The van der Waals surface area contributed by atoms with E-state index < -0.39 is 0 Å². The number of aromatic nitrogens is 1. The lowest BCUT2D eigenvalue weighted by Crippen LogP contribution is -2.36. The van der Waals surface area contributed by atoms with Crippen LogP contribution in [0.4, 0.5) is 5.69 Å². The quantitative estimate of drug-likeness (QED) is 0.735. The number of para-hydroxylation sites is 1. The molecule has 0 bridgehead atoms. The summed E-state index contributed by atoms with van der Waals surface area (Å²) < 4.78 is 5.90. The summed E-state index contributed by atoms with van der Waals surface area (Å²) in [6, 6.07) is 7.34. The maximum atomic E-state index is 12.2. The number of thioether (sulfide) groups is 1. The van der Waals surface area contributed by atoms with Gasteiger partial charge in [0.2, 0.25) is 11.8 Å². The highest BCUT2D eigenvalue weighted by Crippen LogP contribution is 2.21. The molecule has 0 unspecified atom stereocenters. The SMILES string of the molecule is Cc1noc(C)c1CSCC(=O)N(C)CC(=O)Nc1ccccc1Br. The molecule has 0 saturated carbocycles. The van der Waals surface area contributed by atoms with Crippen LogP contribution >= 0.6 is 27.7 Å². The maximum absolute atomic E-state index is 12.2. The van der Waals surface area contributed by atoms with Gasteiger partial charge in [-0.05, 0) is 41.9 Å². The highest BCUT2D eigenvalue weighted by atomic mass is 79.9. The first kappa shape index (κ1) is 19.5. The second-order valence-electron chi connectivity index (χ2n) is 5.57.